The third kappa shape index (κ3) is 4.69. The van der Waals surface area contributed by atoms with Gasteiger partial charge in [-0.15, -0.1) is 0 Å². The van der Waals surface area contributed by atoms with Crippen LogP contribution in [-0.4, -0.2) is 31.1 Å². The van der Waals surface area contributed by atoms with Crippen LogP contribution >= 0.6 is 11.8 Å². The Morgan fingerprint density at radius 3 is 2.94 bits per heavy atom. The first-order valence-electron chi connectivity index (χ1n) is 5.60. The Bertz CT molecular complexity index is 368. The van der Waals surface area contributed by atoms with Crippen LogP contribution in [0.3, 0.4) is 0 Å². The molecule has 94 valence electrons. The minimum Gasteiger partial charge on any atom is -0.497 e. The molecule has 0 radical (unpaired) electrons. The molecule has 0 heterocycles. The number of thioether (sulfide) groups is 1. The molecule has 0 aliphatic rings. The van der Waals surface area contributed by atoms with E-state index in [0.717, 1.165) is 12.2 Å². The Kier molecular flexibility index (Phi) is 5.91. The predicted octanol–water partition coefficient (Wildman–Crippen LogP) is 2.11. The molecular weight excluding hydrogens is 234 g/mol. The van der Waals surface area contributed by atoms with Crippen molar-refractivity contribution in [3.05, 3.63) is 29.8 Å². The molecule has 1 N–H and O–H groups in total. The molecule has 1 unspecified atom stereocenters. The van der Waals surface area contributed by atoms with E-state index >= 15 is 0 Å². The molecule has 0 aliphatic carbocycles. The second-order valence-corrected chi connectivity index (χ2v) is 4.95. The van der Waals surface area contributed by atoms with E-state index in [-0.39, 0.29) is 11.2 Å². The molecular formula is C13H19NO2S. The SMILES string of the molecule is COc1cccc(CCNC(=O)C(C)SC)c1. The van der Waals surface area contributed by atoms with E-state index in [1.165, 1.54) is 5.56 Å². The molecule has 0 aromatic heterocycles. The fourth-order valence-corrected chi connectivity index (χ4v) is 1.71. The monoisotopic (exact) mass is 253 g/mol. The number of carbonyl (C=O) groups is 1. The van der Waals surface area contributed by atoms with Crippen LogP contribution in [0.2, 0.25) is 0 Å². The lowest BCUT2D eigenvalue weighted by Gasteiger charge is -2.10. The second-order valence-electron chi connectivity index (χ2n) is 3.77. The van der Waals surface area contributed by atoms with Crippen molar-refractivity contribution in [3.63, 3.8) is 0 Å². The summed E-state index contributed by atoms with van der Waals surface area (Å²) in [6, 6.07) is 7.90. The molecule has 1 amide bonds. The average Bonchev–Trinajstić information content (AvgIpc) is 2.37. The number of benzene rings is 1. The maximum Gasteiger partial charge on any atom is 0.232 e. The number of methoxy groups -OCH3 is 1. The van der Waals surface area contributed by atoms with Crippen molar-refractivity contribution in [1.82, 2.24) is 5.32 Å². The summed E-state index contributed by atoms with van der Waals surface area (Å²) in [6.07, 6.45) is 2.76. The number of nitrogens with one attached hydrogen (secondary N) is 1. The van der Waals surface area contributed by atoms with Crippen molar-refractivity contribution in [2.75, 3.05) is 19.9 Å². The minimum absolute atomic E-state index is 0.0142. The van der Waals surface area contributed by atoms with Gasteiger partial charge in [0.2, 0.25) is 5.91 Å². The molecule has 0 fully saturated rings. The van der Waals surface area contributed by atoms with E-state index in [4.69, 9.17) is 4.74 Å². The maximum atomic E-state index is 11.5. The van der Waals surface area contributed by atoms with Crippen LogP contribution in [0.4, 0.5) is 0 Å². The fraction of sp³-hybridized carbons (Fsp3) is 0.462. The van der Waals surface area contributed by atoms with Gasteiger partial charge in [-0.3, -0.25) is 4.79 Å². The van der Waals surface area contributed by atoms with Gasteiger partial charge in [0.05, 0.1) is 12.4 Å². The van der Waals surface area contributed by atoms with Gasteiger partial charge in [0.1, 0.15) is 5.75 Å². The van der Waals surface area contributed by atoms with E-state index in [0.29, 0.717) is 6.54 Å². The number of rotatable bonds is 6. The van der Waals surface area contributed by atoms with Crippen LogP contribution in [0.5, 0.6) is 5.75 Å². The van der Waals surface area contributed by atoms with Gasteiger partial charge in [0.15, 0.2) is 0 Å². The molecule has 1 aromatic carbocycles. The number of hydrogen-bond acceptors (Lipinski definition) is 3. The van der Waals surface area contributed by atoms with Crippen LogP contribution in [-0.2, 0) is 11.2 Å². The summed E-state index contributed by atoms with van der Waals surface area (Å²) in [5.41, 5.74) is 1.17. The van der Waals surface area contributed by atoms with E-state index < -0.39 is 0 Å². The Hall–Kier alpha value is -1.16. The van der Waals surface area contributed by atoms with Crippen LogP contribution in [0, 0.1) is 0 Å². The number of carbonyl (C=O) groups excluding carboxylic acids is 1. The first kappa shape index (κ1) is 13.9. The minimum atomic E-state index is 0.0142. The Labute approximate surface area is 107 Å². The molecule has 1 atom stereocenters. The van der Waals surface area contributed by atoms with Gasteiger partial charge in [-0.1, -0.05) is 12.1 Å². The first-order valence-corrected chi connectivity index (χ1v) is 6.89. The van der Waals surface area contributed by atoms with Crippen LogP contribution < -0.4 is 10.1 Å². The van der Waals surface area contributed by atoms with Crippen molar-refractivity contribution >= 4 is 17.7 Å². The van der Waals surface area contributed by atoms with E-state index in [1.807, 2.05) is 37.4 Å². The quantitative estimate of drug-likeness (QED) is 0.844. The topological polar surface area (TPSA) is 38.3 Å². The lowest BCUT2D eigenvalue weighted by Crippen LogP contribution is -2.32. The van der Waals surface area contributed by atoms with Crippen molar-refractivity contribution < 1.29 is 9.53 Å². The third-order valence-corrected chi connectivity index (χ3v) is 3.49. The molecule has 3 nitrogen and oxygen atoms in total. The second kappa shape index (κ2) is 7.22. The van der Waals surface area contributed by atoms with Crippen molar-refractivity contribution in [2.45, 2.75) is 18.6 Å². The summed E-state index contributed by atoms with van der Waals surface area (Å²) >= 11 is 1.55. The zero-order chi connectivity index (χ0) is 12.7. The highest BCUT2D eigenvalue weighted by atomic mass is 32.2. The first-order chi connectivity index (χ1) is 8.17. The van der Waals surface area contributed by atoms with Crippen molar-refractivity contribution in [1.29, 1.82) is 0 Å². The molecule has 4 heteroatoms. The number of hydrogen-bond donors (Lipinski definition) is 1. The van der Waals surface area contributed by atoms with Crippen LogP contribution in [0.1, 0.15) is 12.5 Å². The summed E-state index contributed by atoms with van der Waals surface area (Å²) in [5, 5.41) is 2.93. The molecule has 0 aliphatic heterocycles. The highest BCUT2D eigenvalue weighted by Gasteiger charge is 2.09. The molecule has 1 aromatic rings. The average molecular weight is 253 g/mol. The number of ether oxygens (including phenoxy) is 1. The van der Waals surface area contributed by atoms with Gasteiger partial charge in [-0.2, -0.15) is 11.8 Å². The Morgan fingerprint density at radius 2 is 2.29 bits per heavy atom. The predicted molar refractivity (Wildman–Crippen MR) is 72.7 cm³/mol. The smallest absolute Gasteiger partial charge is 0.232 e. The summed E-state index contributed by atoms with van der Waals surface area (Å²) in [6.45, 7) is 2.57. The van der Waals surface area contributed by atoms with Crippen LogP contribution in [0.25, 0.3) is 0 Å². The van der Waals surface area contributed by atoms with Gasteiger partial charge in [0.25, 0.3) is 0 Å². The molecule has 0 spiro atoms. The van der Waals surface area contributed by atoms with Crippen molar-refractivity contribution in [3.8, 4) is 5.75 Å². The standard InChI is InChI=1S/C13H19NO2S/c1-10(17-3)13(15)14-8-7-11-5-4-6-12(9-11)16-2/h4-6,9-10H,7-8H2,1-3H3,(H,14,15). The van der Waals surface area contributed by atoms with E-state index in [2.05, 4.69) is 5.32 Å². The molecule has 1 rings (SSSR count). The van der Waals surface area contributed by atoms with Gasteiger partial charge in [-0.25, -0.2) is 0 Å². The van der Waals surface area contributed by atoms with E-state index in [1.54, 1.807) is 18.9 Å². The summed E-state index contributed by atoms with van der Waals surface area (Å²) in [7, 11) is 1.65. The highest BCUT2D eigenvalue weighted by Crippen LogP contribution is 2.12. The zero-order valence-corrected chi connectivity index (χ0v) is 11.3. The lowest BCUT2D eigenvalue weighted by atomic mass is 10.1. The van der Waals surface area contributed by atoms with Crippen LogP contribution in [0.15, 0.2) is 24.3 Å². The van der Waals surface area contributed by atoms with Gasteiger partial charge in [-0.05, 0) is 37.3 Å². The molecule has 0 saturated heterocycles. The maximum absolute atomic E-state index is 11.5. The molecule has 0 saturated carbocycles. The Balaban J connectivity index is 2.37. The summed E-state index contributed by atoms with van der Waals surface area (Å²) in [4.78, 5) is 11.5. The number of amides is 1. The molecule has 17 heavy (non-hydrogen) atoms. The largest absolute Gasteiger partial charge is 0.497 e. The van der Waals surface area contributed by atoms with Gasteiger partial charge >= 0.3 is 0 Å². The summed E-state index contributed by atoms with van der Waals surface area (Å²) in [5.74, 6) is 0.951. The van der Waals surface area contributed by atoms with Crippen molar-refractivity contribution in [2.24, 2.45) is 0 Å². The fourth-order valence-electron chi connectivity index (χ4n) is 1.41. The zero-order valence-electron chi connectivity index (χ0n) is 10.5. The Morgan fingerprint density at radius 1 is 1.53 bits per heavy atom. The van der Waals surface area contributed by atoms with Gasteiger partial charge < -0.3 is 10.1 Å². The lowest BCUT2D eigenvalue weighted by molar-refractivity contribution is -0.120. The molecule has 0 bridgehead atoms. The van der Waals surface area contributed by atoms with Gasteiger partial charge in [0, 0.05) is 6.54 Å². The van der Waals surface area contributed by atoms with E-state index in [9.17, 15) is 4.79 Å². The normalized spacial score (nSPS) is 11.9. The highest BCUT2D eigenvalue weighted by molar-refractivity contribution is 7.99. The summed E-state index contributed by atoms with van der Waals surface area (Å²) < 4.78 is 5.15. The third-order valence-electron chi connectivity index (χ3n) is 2.57.